The summed E-state index contributed by atoms with van der Waals surface area (Å²) in [5, 5.41) is 9.58. The molecule has 0 unspecified atom stereocenters. The Kier molecular flexibility index (Phi) is 8.32. The van der Waals surface area contributed by atoms with Crippen molar-refractivity contribution < 1.29 is 9.84 Å². The average molecular weight is 250 g/mol. The van der Waals surface area contributed by atoms with Gasteiger partial charge in [0, 0.05) is 6.61 Å². The molecular weight excluding hydrogens is 224 g/mol. The second kappa shape index (κ2) is 9.95. The summed E-state index contributed by atoms with van der Waals surface area (Å²) in [7, 11) is 0. The van der Waals surface area contributed by atoms with E-state index in [0.29, 0.717) is 12.4 Å². The van der Waals surface area contributed by atoms with Gasteiger partial charge in [-0.1, -0.05) is 57.2 Å². The number of benzene rings is 1. The minimum atomic E-state index is 0.376. The van der Waals surface area contributed by atoms with Crippen molar-refractivity contribution in [2.24, 2.45) is 0 Å². The zero-order chi connectivity index (χ0) is 13.1. The van der Waals surface area contributed by atoms with E-state index < -0.39 is 0 Å². The van der Waals surface area contributed by atoms with E-state index in [1.165, 1.54) is 32.1 Å². The first-order valence-electron chi connectivity index (χ1n) is 7.19. The van der Waals surface area contributed by atoms with E-state index in [9.17, 15) is 5.11 Å². The Balaban J connectivity index is 1.94. The van der Waals surface area contributed by atoms with E-state index in [0.717, 1.165) is 25.0 Å². The standard InChI is InChI=1S/C16H26O2/c1-2-3-4-5-6-9-13-18-14-12-15-10-7-8-11-16(15)17/h7-8,10-11,17H,2-6,9,12-14H2,1H3. The third kappa shape index (κ3) is 6.65. The number of phenolic OH excluding ortho intramolecular Hbond substituents is 1. The Morgan fingerprint density at radius 1 is 0.944 bits per heavy atom. The fraction of sp³-hybridized carbons (Fsp3) is 0.625. The number of hydrogen-bond donors (Lipinski definition) is 1. The van der Waals surface area contributed by atoms with Gasteiger partial charge in [0.25, 0.3) is 0 Å². The Morgan fingerprint density at radius 2 is 1.67 bits per heavy atom. The molecule has 0 saturated carbocycles. The van der Waals surface area contributed by atoms with Crippen LogP contribution in [0.1, 0.15) is 51.0 Å². The molecule has 0 aliphatic carbocycles. The molecule has 1 rings (SSSR count). The lowest BCUT2D eigenvalue weighted by molar-refractivity contribution is 0.132. The van der Waals surface area contributed by atoms with E-state index in [1.54, 1.807) is 6.07 Å². The molecule has 0 aliphatic heterocycles. The maximum absolute atomic E-state index is 9.58. The molecule has 0 radical (unpaired) electrons. The van der Waals surface area contributed by atoms with Crippen molar-refractivity contribution in [3.8, 4) is 5.75 Å². The molecule has 18 heavy (non-hydrogen) atoms. The third-order valence-electron chi connectivity index (χ3n) is 3.15. The number of hydrogen-bond acceptors (Lipinski definition) is 2. The molecule has 0 bridgehead atoms. The minimum absolute atomic E-state index is 0.376. The molecule has 1 N–H and O–H groups in total. The second-order valence-corrected chi connectivity index (χ2v) is 4.76. The third-order valence-corrected chi connectivity index (χ3v) is 3.15. The van der Waals surface area contributed by atoms with Crippen molar-refractivity contribution in [1.29, 1.82) is 0 Å². The number of unbranched alkanes of at least 4 members (excludes halogenated alkanes) is 5. The first kappa shape index (κ1) is 15.0. The zero-order valence-electron chi connectivity index (χ0n) is 11.5. The van der Waals surface area contributed by atoms with Gasteiger partial charge in [-0.3, -0.25) is 0 Å². The predicted molar refractivity (Wildman–Crippen MR) is 76.0 cm³/mol. The average Bonchev–Trinajstić information content (AvgIpc) is 2.39. The van der Waals surface area contributed by atoms with Gasteiger partial charge in [-0.05, 0) is 24.5 Å². The lowest BCUT2D eigenvalue weighted by Crippen LogP contribution is -2.00. The number of ether oxygens (including phenoxy) is 1. The highest BCUT2D eigenvalue weighted by molar-refractivity contribution is 5.31. The van der Waals surface area contributed by atoms with Crippen molar-refractivity contribution >= 4 is 0 Å². The lowest BCUT2D eigenvalue weighted by Gasteiger charge is -2.06. The SMILES string of the molecule is CCCCCCCCOCCc1ccccc1O. The smallest absolute Gasteiger partial charge is 0.118 e. The predicted octanol–water partition coefficient (Wildman–Crippen LogP) is 4.31. The van der Waals surface area contributed by atoms with Crippen molar-refractivity contribution in [3.05, 3.63) is 29.8 Å². The van der Waals surface area contributed by atoms with Crippen LogP contribution in [-0.4, -0.2) is 18.3 Å². The van der Waals surface area contributed by atoms with Crippen LogP contribution in [0.15, 0.2) is 24.3 Å². The Hall–Kier alpha value is -1.02. The van der Waals surface area contributed by atoms with E-state index in [2.05, 4.69) is 6.92 Å². The topological polar surface area (TPSA) is 29.5 Å². The van der Waals surface area contributed by atoms with E-state index in [4.69, 9.17) is 4.74 Å². The van der Waals surface area contributed by atoms with Crippen LogP contribution in [0.3, 0.4) is 0 Å². The van der Waals surface area contributed by atoms with E-state index in [1.807, 2.05) is 18.2 Å². The van der Waals surface area contributed by atoms with Gasteiger partial charge in [-0.2, -0.15) is 0 Å². The molecular formula is C16H26O2. The summed E-state index contributed by atoms with van der Waals surface area (Å²) in [6.45, 7) is 3.79. The molecule has 0 aliphatic rings. The first-order chi connectivity index (χ1) is 8.84. The van der Waals surface area contributed by atoms with Gasteiger partial charge >= 0.3 is 0 Å². The maximum Gasteiger partial charge on any atom is 0.118 e. The molecule has 1 aromatic rings. The summed E-state index contributed by atoms with van der Waals surface area (Å²) in [6.07, 6.45) is 8.57. The highest BCUT2D eigenvalue weighted by Gasteiger charge is 1.99. The van der Waals surface area contributed by atoms with Crippen molar-refractivity contribution in [1.82, 2.24) is 0 Å². The molecule has 0 atom stereocenters. The Labute approximate surface area is 111 Å². The summed E-state index contributed by atoms with van der Waals surface area (Å²) in [6, 6.07) is 7.46. The Morgan fingerprint density at radius 3 is 2.44 bits per heavy atom. The second-order valence-electron chi connectivity index (χ2n) is 4.76. The van der Waals surface area contributed by atoms with Crippen LogP contribution in [0.4, 0.5) is 0 Å². The van der Waals surface area contributed by atoms with E-state index in [-0.39, 0.29) is 0 Å². The molecule has 0 fully saturated rings. The quantitative estimate of drug-likeness (QED) is 0.627. The van der Waals surface area contributed by atoms with Crippen LogP contribution in [-0.2, 0) is 11.2 Å². The van der Waals surface area contributed by atoms with Crippen LogP contribution in [0.2, 0.25) is 0 Å². The number of phenols is 1. The van der Waals surface area contributed by atoms with Gasteiger partial charge < -0.3 is 9.84 Å². The molecule has 2 nitrogen and oxygen atoms in total. The molecule has 102 valence electrons. The summed E-state index contributed by atoms with van der Waals surface area (Å²) >= 11 is 0. The van der Waals surface area contributed by atoms with Crippen LogP contribution in [0.5, 0.6) is 5.75 Å². The van der Waals surface area contributed by atoms with Gasteiger partial charge in [0.05, 0.1) is 6.61 Å². The van der Waals surface area contributed by atoms with Gasteiger partial charge in [0.1, 0.15) is 5.75 Å². The molecule has 0 amide bonds. The number of rotatable bonds is 10. The number of para-hydroxylation sites is 1. The van der Waals surface area contributed by atoms with Gasteiger partial charge in [-0.15, -0.1) is 0 Å². The van der Waals surface area contributed by atoms with E-state index >= 15 is 0 Å². The minimum Gasteiger partial charge on any atom is -0.508 e. The highest BCUT2D eigenvalue weighted by Crippen LogP contribution is 2.15. The maximum atomic E-state index is 9.58. The molecule has 0 saturated heterocycles. The van der Waals surface area contributed by atoms with Gasteiger partial charge in [-0.25, -0.2) is 0 Å². The van der Waals surface area contributed by atoms with Crippen molar-refractivity contribution in [2.75, 3.05) is 13.2 Å². The molecule has 0 heterocycles. The molecule has 0 aromatic heterocycles. The monoisotopic (exact) mass is 250 g/mol. The van der Waals surface area contributed by atoms with Crippen LogP contribution in [0.25, 0.3) is 0 Å². The zero-order valence-corrected chi connectivity index (χ0v) is 11.5. The normalized spacial score (nSPS) is 10.7. The molecule has 0 spiro atoms. The summed E-state index contributed by atoms with van der Waals surface area (Å²) < 4.78 is 5.59. The first-order valence-corrected chi connectivity index (χ1v) is 7.19. The number of aromatic hydroxyl groups is 1. The fourth-order valence-corrected chi connectivity index (χ4v) is 1.99. The summed E-state index contributed by atoms with van der Waals surface area (Å²) in [4.78, 5) is 0. The largest absolute Gasteiger partial charge is 0.508 e. The van der Waals surface area contributed by atoms with Gasteiger partial charge in [0.2, 0.25) is 0 Å². The fourth-order valence-electron chi connectivity index (χ4n) is 1.99. The van der Waals surface area contributed by atoms with Crippen LogP contribution in [0, 0.1) is 0 Å². The van der Waals surface area contributed by atoms with Gasteiger partial charge in [0.15, 0.2) is 0 Å². The van der Waals surface area contributed by atoms with Crippen LogP contribution >= 0.6 is 0 Å². The van der Waals surface area contributed by atoms with Crippen molar-refractivity contribution in [2.45, 2.75) is 51.9 Å². The highest BCUT2D eigenvalue weighted by atomic mass is 16.5. The summed E-state index contributed by atoms with van der Waals surface area (Å²) in [5.74, 6) is 0.376. The molecule has 2 heteroatoms. The van der Waals surface area contributed by atoms with Crippen LogP contribution < -0.4 is 0 Å². The lowest BCUT2D eigenvalue weighted by atomic mass is 10.1. The summed E-state index contributed by atoms with van der Waals surface area (Å²) in [5.41, 5.74) is 0.973. The van der Waals surface area contributed by atoms with Crippen molar-refractivity contribution in [3.63, 3.8) is 0 Å². The Bertz CT molecular complexity index is 310. The molecule has 1 aromatic carbocycles.